The maximum Gasteiger partial charge on any atom is 0.279 e. The van der Waals surface area contributed by atoms with Crippen LogP contribution in [0.3, 0.4) is 0 Å². The summed E-state index contributed by atoms with van der Waals surface area (Å²) in [6.45, 7) is 2.04. The molecule has 1 atom stereocenters. The Morgan fingerprint density at radius 1 is 1.35 bits per heavy atom. The smallest absolute Gasteiger partial charge is 0.279 e. The van der Waals surface area contributed by atoms with Gasteiger partial charge in [-0.05, 0) is 44.4 Å². The first-order chi connectivity index (χ1) is 11.1. The number of fused-ring (bicyclic) bond motifs is 1. The summed E-state index contributed by atoms with van der Waals surface area (Å²) in [6.07, 6.45) is 6.44. The SMILES string of the molecule is COC[C@H]1CCCN(S(=O)(=O)NCc2nc3c(s2)CCCC3)C1. The van der Waals surface area contributed by atoms with Crippen LogP contribution in [0.25, 0.3) is 0 Å². The maximum absolute atomic E-state index is 12.5. The van der Waals surface area contributed by atoms with E-state index in [4.69, 9.17) is 4.74 Å². The Balaban J connectivity index is 1.59. The van der Waals surface area contributed by atoms with Gasteiger partial charge in [0.2, 0.25) is 0 Å². The van der Waals surface area contributed by atoms with Crippen LogP contribution < -0.4 is 4.72 Å². The summed E-state index contributed by atoms with van der Waals surface area (Å²) >= 11 is 1.65. The average molecular weight is 360 g/mol. The van der Waals surface area contributed by atoms with Crippen molar-refractivity contribution in [2.75, 3.05) is 26.8 Å². The molecule has 1 aliphatic heterocycles. The molecule has 0 amide bonds. The van der Waals surface area contributed by atoms with Gasteiger partial charge in [0, 0.05) is 25.1 Å². The van der Waals surface area contributed by atoms with Gasteiger partial charge in [0.1, 0.15) is 5.01 Å². The van der Waals surface area contributed by atoms with Gasteiger partial charge in [-0.2, -0.15) is 17.4 Å². The Morgan fingerprint density at radius 3 is 2.96 bits per heavy atom. The minimum atomic E-state index is -3.44. The highest BCUT2D eigenvalue weighted by Gasteiger charge is 2.29. The third-order valence-corrected chi connectivity index (χ3v) is 7.20. The Kier molecular flexibility index (Phi) is 5.69. The van der Waals surface area contributed by atoms with Gasteiger partial charge in [0.05, 0.1) is 18.8 Å². The Hall–Kier alpha value is -0.540. The molecule has 2 heterocycles. The number of piperidine rings is 1. The zero-order valence-electron chi connectivity index (χ0n) is 13.6. The fourth-order valence-electron chi connectivity index (χ4n) is 3.34. The van der Waals surface area contributed by atoms with Crippen LogP contribution in [0.15, 0.2) is 0 Å². The van der Waals surface area contributed by atoms with Gasteiger partial charge in [0.15, 0.2) is 0 Å². The van der Waals surface area contributed by atoms with Crippen molar-refractivity contribution in [2.24, 2.45) is 5.92 Å². The summed E-state index contributed by atoms with van der Waals surface area (Å²) < 4.78 is 34.4. The molecule has 0 radical (unpaired) electrons. The third-order valence-electron chi connectivity index (χ3n) is 4.52. The first kappa shape index (κ1) is 17.3. The largest absolute Gasteiger partial charge is 0.384 e. The second kappa shape index (κ2) is 7.57. The standard InChI is InChI=1S/C15H25N3O3S2/c1-21-11-12-5-4-8-18(10-12)23(19,20)16-9-15-17-13-6-2-3-7-14(13)22-15/h12,16H,2-11H2,1H3/t12-/m0/s1. The molecular weight excluding hydrogens is 334 g/mol. The molecule has 6 nitrogen and oxygen atoms in total. The van der Waals surface area contributed by atoms with Gasteiger partial charge < -0.3 is 4.74 Å². The molecule has 3 rings (SSSR count). The molecular formula is C15H25N3O3S2. The van der Waals surface area contributed by atoms with Crippen LogP contribution in [0.4, 0.5) is 0 Å². The lowest BCUT2D eigenvalue weighted by molar-refractivity contribution is 0.118. The lowest BCUT2D eigenvalue weighted by Gasteiger charge is -2.31. The normalized spacial score (nSPS) is 22.9. The van der Waals surface area contributed by atoms with E-state index in [1.165, 1.54) is 23.4 Å². The number of aryl methyl sites for hydroxylation is 2. The molecule has 0 aromatic carbocycles. The number of hydrogen-bond donors (Lipinski definition) is 1. The topological polar surface area (TPSA) is 71.5 Å². The zero-order chi connectivity index (χ0) is 16.3. The summed E-state index contributed by atoms with van der Waals surface area (Å²) in [5, 5.41) is 0.880. The predicted octanol–water partition coefficient (Wildman–Crippen LogP) is 1.71. The van der Waals surface area contributed by atoms with Gasteiger partial charge >= 0.3 is 0 Å². The van der Waals surface area contributed by atoms with Crippen LogP contribution in [-0.2, 0) is 34.3 Å². The molecule has 0 saturated carbocycles. The van der Waals surface area contributed by atoms with E-state index in [1.807, 2.05) is 0 Å². The number of aromatic nitrogens is 1. The first-order valence-corrected chi connectivity index (χ1v) is 10.6. The van der Waals surface area contributed by atoms with Crippen molar-refractivity contribution >= 4 is 21.5 Å². The minimum absolute atomic E-state index is 0.289. The molecule has 23 heavy (non-hydrogen) atoms. The third kappa shape index (κ3) is 4.30. The highest BCUT2D eigenvalue weighted by molar-refractivity contribution is 7.87. The van der Waals surface area contributed by atoms with Gasteiger partial charge in [-0.15, -0.1) is 11.3 Å². The van der Waals surface area contributed by atoms with E-state index < -0.39 is 10.2 Å². The number of rotatable bonds is 6. The number of ether oxygens (including phenoxy) is 1. The van der Waals surface area contributed by atoms with Crippen LogP contribution in [0.5, 0.6) is 0 Å². The molecule has 1 saturated heterocycles. The van der Waals surface area contributed by atoms with E-state index in [-0.39, 0.29) is 5.92 Å². The number of hydrogen-bond acceptors (Lipinski definition) is 5. The van der Waals surface area contributed by atoms with Gasteiger partial charge in [0.25, 0.3) is 10.2 Å². The van der Waals surface area contributed by atoms with E-state index in [2.05, 4.69) is 9.71 Å². The van der Waals surface area contributed by atoms with Crippen molar-refractivity contribution in [2.45, 2.75) is 45.1 Å². The zero-order valence-corrected chi connectivity index (χ0v) is 15.2. The molecule has 0 spiro atoms. The van der Waals surface area contributed by atoms with Gasteiger partial charge in [-0.1, -0.05) is 0 Å². The Morgan fingerprint density at radius 2 is 2.17 bits per heavy atom. The number of thiazole rings is 1. The van der Waals surface area contributed by atoms with E-state index in [9.17, 15) is 8.42 Å². The second-order valence-electron chi connectivity index (χ2n) is 6.33. The van der Waals surface area contributed by atoms with E-state index in [0.29, 0.717) is 26.2 Å². The molecule has 1 aromatic rings. The average Bonchev–Trinajstić information content (AvgIpc) is 2.97. The van der Waals surface area contributed by atoms with Crippen molar-refractivity contribution in [3.8, 4) is 0 Å². The fourth-order valence-corrected chi connectivity index (χ4v) is 5.81. The van der Waals surface area contributed by atoms with Crippen molar-refractivity contribution in [3.05, 3.63) is 15.6 Å². The number of methoxy groups -OCH3 is 1. The quantitative estimate of drug-likeness (QED) is 0.839. The Labute approximate surface area is 142 Å². The van der Waals surface area contributed by atoms with E-state index in [1.54, 1.807) is 22.8 Å². The number of nitrogens with zero attached hydrogens (tertiary/aromatic N) is 2. The fraction of sp³-hybridized carbons (Fsp3) is 0.800. The summed E-state index contributed by atoms with van der Waals surface area (Å²) in [4.78, 5) is 5.93. The summed E-state index contributed by atoms with van der Waals surface area (Å²) in [5.74, 6) is 0.289. The summed E-state index contributed by atoms with van der Waals surface area (Å²) in [5.41, 5.74) is 1.17. The predicted molar refractivity (Wildman–Crippen MR) is 90.7 cm³/mol. The van der Waals surface area contributed by atoms with E-state index >= 15 is 0 Å². The van der Waals surface area contributed by atoms with E-state index in [0.717, 1.165) is 30.7 Å². The first-order valence-electron chi connectivity index (χ1n) is 8.29. The molecule has 0 unspecified atom stereocenters. The second-order valence-corrected chi connectivity index (χ2v) is 9.26. The maximum atomic E-state index is 12.5. The van der Waals surface area contributed by atoms with Crippen molar-refractivity contribution in [1.29, 1.82) is 0 Å². The summed E-state index contributed by atoms with van der Waals surface area (Å²) in [6, 6.07) is 0. The van der Waals surface area contributed by atoms with Gasteiger partial charge in [-0.25, -0.2) is 4.98 Å². The van der Waals surface area contributed by atoms with Crippen molar-refractivity contribution < 1.29 is 13.2 Å². The van der Waals surface area contributed by atoms with Crippen molar-refractivity contribution in [3.63, 3.8) is 0 Å². The molecule has 1 aromatic heterocycles. The lowest BCUT2D eigenvalue weighted by atomic mass is 10.0. The number of nitrogens with one attached hydrogen (secondary N) is 1. The van der Waals surface area contributed by atoms with Gasteiger partial charge in [-0.3, -0.25) is 0 Å². The van der Waals surface area contributed by atoms with Crippen LogP contribution in [0.1, 0.15) is 41.3 Å². The molecule has 130 valence electrons. The molecule has 1 fully saturated rings. The molecule has 1 aliphatic carbocycles. The van der Waals surface area contributed by atoms with Crippen LogP contribution >= 0.6 is 11.3 Å². The monoisotopic (exact) mass is 359 g/mol. The van der Waals surface area contributed by atoms with Crippen molar-refractivity contribution in [1.82, 2.24) is 14.0 Å². The highest BCUT2D eigenvalue weighted by Crippen LogP contribution is 2.27. The van der Waals surface area contributed by atoms with Crippen LogP contribution in [0.2, 0.25) is 0 Å². The molecule has 1 N–H and O–H groups in total. The minimum Gasteiger partial charge on any atom is -0.384 e. The molecule has 2 aliphatic rings. The summed E-state index contributed by atoms with van der Waals surface area (Å²) in [7, 11) is -1.78. The molecule has 0 bridgehead atoms. The van der Waals surface area contributed by atoms with Crippen LogP contribution in [0, 0.1) is 5.92 Å². The highest BCUT2D eigenvalue weighted by atomic mass is 32.2. The van der Waals surface area contributed by atoms with Crippen LogP contribution in [-0.4, -0.2) is 44.5 Å². The Bertz CT molecular complexity index is 604. The lowest BCUT2D eigenvalue weighted by Crippen LogP contribution is -2.46. The molecule has 8 heteroatoms.